The fraction of sp³-hybridized carbons (Fsp3) is 0.294. The van der Waals surface area contributed by atoms with Crippen LogP contribution in [0.2, 0.25) is 0 Å². The first-order valence-corrected chi connectivity index (χ1v) is 7.62. The van der Waals surface area contributed by atoms with Crippen LogP contribution in [0.1, 0.15) is 24.2 Å². The van der Waals surface area contributed by atoms with Crippen LogP contribution in [0.5, 0.6) is 11.5 Å². The highest BCUT2D eigenvalue weighted by atomic mass is 79.9. The Balaban J connectivity index is 2.07. The van der Waals surface area contributed by atoms with Crippen molar-refractivity contribution in [1.82, 2.24) is 0 Å². The van der Waals surface area contributed by atoms with Gasteiger partial charge in [0.1, 0.15) is 11.5 Å². The van der Waals surface area contributed by atoms with E-state index >= 15 is 0 Å². The number of aliphatic hydroxyl groups is 1. The lowest BCUT2D eigenvalue weighted by Gasteiger charge is -2.11. The van der Waals surface area contributed by atoms with E-state index < -0.39 is 6.10 Å². The van der Waals surface area contributed by atoms with Crippen LogP contribution in [-0.4, -0.2) is 18.8 Å². The quantitative estimate of drug-likeness (QED) is 0.834. The highest BCUT2D eigenvalue weighted by Gasteiger charge is 2.07. The highest BCUT2D eigenvalue weighted by Crippen LogP contribution is 2.32. The molecule has 0 aliphatic carbocycles. The lowest BCUT2D eigenvalue weighted by molar-refractivity contribution is 0.199. The van der Waals surface area contributed by atoms with E-state index in [2.05, 4.69) is 15.9 Å². The zero-order valence-electron chi connectivity index (χ0n) is 12.2. The summed E-state index contributed by atoms with van der Waals surface area (Å²) in [4.78, 5) is 0. The van der Waals surface area contributed by atoms with Gasteiger partial charge in [-0.1, -0.05) is 18.2 Å². The second-order valence-corrected chi connectivity index (χ2v) is 5.71. The van der Waals surface area contributed by atoms with Gasteiger partial charge in [-0.2, -0.15) is 0 Å². The third kappa shape index (κ3) is 4.56. The van der Waals surface area contributed by atoms with Gasteiger partial charge in [0, 0.05) is 7.11 Å². The third-order valence-electron chi connectivity index (χ3n) is 3.18. The van der Waals surface area contributed by atoms with E-state index in [1.165, 1.54) is 5.56 Å². The molecule has 0 radical (unpaired) electrons. The van der Waals surface area contributed by atoms with Gasteiger partial charge >= 0.3 is 0 Å². The van der Waals surface area contributed by atoms with Crippen molar-refractivity contribution >= 4 is 15.9 Å². The number of hydrogen-bond acceptors (Lipinski definition) is 3. The van der Waals surface area contributed by atoms with Gasteiger partial charge in [-0.25, -0.2) is 0 Å². The fourth-order valence-corrected chi connectivity index (χ4v) is 2.41. The predicted octanol–water partition coefficient (Wildman–Crippen LogP) is 4.48. The van der Waals surface area contributed by atoms with Crippen LogP contribution in [0.3, 0.4) is 0 Å². The maximum atomic E-state index is 9.56. The van der Waals surface area contributed by atoms with Gasteiger partial charge < -0.3 is 14.6 Å². The molecule has 0 saturated carbocycles. The molecule has 1 unspecified atom stereocenters. The summed E-state index contributed by atoms with van der Waals surface area (Å²) in [5, 5.41) is 9.56. The second kappa shape index (κ2) is 7.59. The summed E-state index contributed by atoms with van der Waals surface area (Å²) >= 11 is 3.47. The number of methoxy groups -OCH3 is 1. The van der Waals surface area contributed by atoms with Gasteiger partial charge in [0.15, 0.2) is 0 Å². The van der Waals surface area contributed by atoms with Crippen LogP contribution < -0.4 is 4.74 Å². The molecule has 0 aliphatic rings. The van der Waals surface area contributed by atoms with Crippen molar-refractivity contribution in [2.75, 3.05) is 13.7 Å². The molecule has 21 heavy (non-hydrogen) atoms. The van der Waals surface area contributed by atoms with E-state index in [0.29, 0.717) is 6.61 Å². The molecule has 0 fully saturated rings. The Morgan fingerprint density at radius 2 is 1.86 bits per heavy atom. The van der Waals surface area contributed by atoms with Crippen LogP contribution in [0.25, 0.3) is 0 Å². The monoisotopic (exact) mass is 350 g/mol. The van der Waals surface area contributed by atoms with Crippen molar-refractivity contribution in [3.05, 3.63) is 58.1 Å². The number of halogens is 1. The van der Waals surface area contributed by atoms with Crippen molar-refractivity contribution in [3.63, 3.8) is 0 Å². The largest absolute Gasteiger partial charge is 0.456 e. The zero-order valence-corrected chi connectivity index (χ0v) is 13.8. The van der Waals surface area contributed by atoms with Gasteiger partial charge in [0.25, 0.3) is 0 Å². The standard InChI is InChI=1S/C17H19BrO3/c1-12(19)14-5-8-17(16(18)11-14)21-15-6-3-13(4-7-15)9-10-20-2/h3-8,11-12,19H,9-10H2,1-2H3. The molecule has 0 aliphatic heterocycles. The Morgan fingerprint density at radius 3 is 2.43 bits per heavy atom. The molecule has 2 aromatic rings. The topological polar surface area (TPSA) is 38.7 Å². The smallest absolute Gasteiger partial charge is 0.141 e. The Bertz CT molecular complexity index is 579. The van der Waals surface area contributed by atoms with Crippen molar-refractivity contribution < 1.29 is 14.6 Å². The van der Waals surface area contributed by atoms with Crippen LogP contribution >= 0.6 is 15.9 Å². The summed E-state index contributed by atoms with van der Waals surface area (Å²) in [7, 11) is 1.70. The molecule has 3 nitrogen and oxygen atoms in total. The van der Waals surface area contributed by atoms with E-state index in [4.69, 9.17) is 9.47 Å². The predicted molar refractivity (Wildman–Crippen MR) is 86.9 cm³/mol. The first kappa shape index (κ1) is 16.0. The summed E-state index contributed by atoms with van der Waals surface area (Å²) in [6, 6.07) is 13.5. The molecule has 4 heteroatoms. The van der Waals surface area contributed by atoms with E-state index in [1.54, 1.807) is 14.0 Å². The number of aliphatic hydroxyl groups excluding tert-OH is 1. The highest BCUT2D eigenvalue weighted by molar-refractivity contribution is 9.10. The van der Waals surface area contributed by atoms with Crippen LogP contribution in [0.15, 0.2) is 46.9 Å². The Labute approximate surface area is 133 Å². The normalized spacial score (nSPS) is 12.2. The molecule has 112 valence electrons. The summed E-state index contributed by atoms with van der Waals surface area (Å²) < 4.78 is 11.7. The van der Waals surface area contributed by atoms with Crippen LogP contribution in [0.4, 0.5) is 0 Å². The molecular formula is C17H19BrO3. The first-order valence-electron chi connectivity index (χ1n) is 6.83. The van der Waals surface area contributed by atoms with Gasteiger partial charge in [-0.3, -0.25) is 0 Å². The Morgan fingerprint density at radius 1 is 1.14 bits per heavy atom. The van der Waals surface area contributed by atoms with E-state index in [1.807, 2.05) is 42.5 Å². The molecule has 2 aromatic carbocycles. The maximum absolute atomic E-state index is 9.56. The molecule has 0 saturated heterocycles. The minimum absolute atomic E-state index is 0.490. The molecule has 0 aromatic heterocycles. The molecule has 0 heterocycles. The van der Waals surface area contributed by atoms with E-state index in [9.17, 15) is 5.11 Å². The van der Waals surface area contributed by atoms with Crippen molar-refractivity contribution in [2.45, 2.75) is 19.4 Å². The summed E-state index contributed by atoms with van der Waals surface area (Å²) in [5.41, 5.74) is 2.07. The van der Waals surface area contributed by atoms with Gasteiger partial charge in [0.2, 0.25) is 0 Å². The average Bonchev–Trinajstić information content (AvgIpc) is 2.48. The van der Waals surface area contributed by atoms with Gasteiger partial charge in [-0.05, 0) is 64.7 Å². The fourth-order valence-electron chi connectivity index (χ4n) is 1.93. The third-order valence-corrected chi connectivity index (χ3v) is 3.80. The molecule has 0 spiro atoms. The van der Waals surface area contributed by atoms with Gasteiger partial charge in [0.05, 0.1) is 17.2 Å². The molecule has 0 amide bonds. The number of ether oxygens (including phenoxy) is 2. The summed E-state index contributed by atoms with van der Waals surface area (Å²) in [6.07, 6.45) is 0.402. The van der Waals surface area contributed by atoms with E-state index in [-0.39, 0.29) is 0 Å². The number of rotatable bonds is 6. The Kier molecular flexibility index (Phi) is 5.79. The summed E-state index contributed by atoms with van der Waals surface area (Å²) in [6.45, 7) is 2.45. The Hall–Kier alpha value is -1.36. The van der Waals surface area contributed by atoms with Crippen molar-refractivity contribution in [1.29, 1.82) is 0 Å². The molecular weight excluding hydrogens is 332 g/mol. The minimum atomic E-state index is -0.490. The minimum Gasteiger partial charge on any atom is -0.456 e. The van der Waals surface area contributed by atoms with Crippen LogP contribution in [0, 0.1) is 0 Å². The maximum Gasteiger partial charge on any atom is 0.141 e. The molecule has 1 N–H and O–H groups in total. The van der Waals surface area contributed by atoms with Gasteiger partial charge in [-0.15, -0.1) is 0 Å². The SMILES string of the molecule is COCCc1ccc(Oc2ccc(C(C)O)cc2Br)cc1. The van der Waals surface area contributed by atoms with Crippen LogP contribution in [-0.2, 0) is 11.2 Å². The number of hydrogen-bond donors (Lipinski definition) is 1. The van der Waals surface area contributed by atoms with E-state index in [0.717, 1.165) is 28.0 Å². The molecule has 0 bridgehead atoms. The second-order valence-electron chi connectivity index (χ2n) is 4.85. The molecule has 1 atom stereocenters. The van der Waals surface area contributed by atoms with Crippen molar-refractivity contribution in [2.24, 2.45) is 0 Å². The lowest BCUT2D eigenvalue weighted by atomic mass is 10.1. The molecule has 2 rings (SSSR count). The number of benzene rings is 2. The lowest BCUT2D eigenvalue weighted by Crippen LogP contribution is -1.94. The first-order chi connectivity index (χ1) is 10.1. The zero-order chi connectivity index (χ0) is 15.2. The summed E-state index contributed by atoms with van der Waals surface area (Å²) in [5.74, 6) is 1.51. The van der Waals surface area contributed by atoms with Crippen molar-refractivity contribution in [3.8, 4) is 11.5 Å². The average molecular weight is 351 g/mol.